The molecule has 0 aromatic carbocycles. The van der Waals surface area contributed by atoms with Crippen molar-refractivity contribution >= 4 is 20.1 Å². The van der Waals surface area contributed by atoms with Crippen LogP contribution in [0.2, 0.25) is 0 Å². The number of aromatic amines is 1. The van der Waals surface area contributed by atoms with Crippen molar-refractivity contribution in [2.75, 3.05) is 13.6 Å². The van der Waals surface area contributed by atoms with Crippen molar-refractivity contribution in [3.63, 3.8) is 0 Å². The molecule has 0 spiro atoms. The highest BCUT2D eigenvalue weighted by Gasteiger charge is 2.97. The third kappa shape index (κ3) is 5.76. The van der Waals surface area contributed by atoms with E-state index >= 15 is 4.39 Å². The Hall–Kier alpha value is -3.30. The van der Waals surface area contributed by atoms with Gasteiger partial charge in [0.15, 0.2) is 12.3 Å². The van der Waals surface area contributed by atoms with Crippen LogP contribution in [-0.4, -0.2) is 81.0 Å². The minimum Gasteiger partial charge on any atom is -0.432 e. The Labute approximate surface area is 224 Å². The minimum atomic E-state index is -5.15. The van der Waals surface area contributed by atoms with E-state index in [4.69, 9.17) is 24.7 Å². The number of nitrogens with one attached hydrogen (secondary N) is 1. The molecule has 1 aliphatic heterocycles. The Morgan fingerprint density at radius 3 is 2.12 bits per heavy atom. The Kier molecular flexibility index (Phi) is 8.82. The van der Waals surface area contributed by atoms with Crippen LogP contribution in [-0.2, 0) is 41.8 Å². The Morgan fingerprint density at radius 1 is 1.15 bits per heavy atom. The largest absolute Gasteiger partial charge is 0.510 e. The summed E-state index contributed by atoms with van der Waals surface area (Å²) >= 11 is 0. The Bertz CT molecular complexity index is 1310. The summed E-state index contributed by atoms with van der Waals surface area (Å²) in [5.74, 6) is -1.70. The van der Waals surface area contributed by atoms with Gasteiger partial charge in [-0.2, -0.15) is 0 Å². The molecule has 0 bridgehead atoms. The maximum absolute atomic E-state index is 15.8. The van der Waals surface area contributed by atoms with Gasteiger partial charge in [-0.1, -0.05) is 5.92 Å². The molecule has 3 N–H and O–H groups in total. The topological polar surface area (TPSA) is 220 Å². The van der Waals surface area contributed by atoms with E-state index in [9.17, 15) is 34.0 Å². The van der Waals surface area contributed by atoms with Crippen molar-refractivity contribution in [2.24, 2.45) is 0 Å². The molecule has 2 heterocycles. The third-order valence-corrected chi connectivity index (χ3v) is 6.68. The molecule has 2 unspecified atom stereocenters. The number of phosphoric ester groups is 1. The predicted octanol–water partition coefficient (Wildman–Crippen LogP) is 0.405. The van der Waals surface area contributed by atoms with Gasteiger partial charge in [-0.3, -0.25) is 18.9 Å². The van der Waals surface area contributed by atoms with Crippen molar-refractivity contribution in [2.45, 2.75) is 69.3 Å². The first-order valence-electron chi connectivity index (χ1n) is 11.4. The van der Waals surface area contributed by atoms with Gasteiger partial charge in [0, 0.05) is 12.3 Å². The second kappa shape index (κ2) is 11.3. The lowest BCUT2D eigenvalue weighted by atomic mass is 9.93. The van der Waals surface area contributed by atoms with Crippen LogP contribution in [0.25, 0.3) is 0 Å². The molecule has 19 heteroatoms. The summed E-state index contributed by atoms with van der Waals surface area (Å²) in [6, 6.07) is 0.832. The van der Waals surface area contributed by atoms with Gasteiger partial charge in [0.2, 0.25) is 24.8 Å². The van der Waals surface area contributed by atoms with Gasteiger partial charge in [0.25, 0.3) is 11.4 Å². The van der Waals surface area contributed by atoms with Crippen molar-refractivity contribution < 1.29 is 66.0 Å². The van der Waals surface area contributed by atoms with Gasteiger partial charge in [-0.05, 0) is 27.7 Å². The number of phosphoric acid groups is 1. The normalized spacial score (nSPS) is 29.0. The highest BCUT2D eigenvalue weighted by Crippen LogP contribution is 2.72. The number of halogens is 1. The molecule has 5 atom stereocenters. The van der Waals surface area contributed by atoms with E-state index in [1.54, 1.807) is 5.92 Å². The second-order valence-electron chi connectivity index (χ2n) is 8.86. The van der Waals surface area contributed by atoms with Gasteiger partial charge >= 0.3 is 25.8 Å². The number of aromatic nitrogens is 2. The van der Waals surface area contributed by atoms with Crippen molar-refractivity contribution in [1.29, 1.82) is 0 Å². The van der Waals surface area contributed by atoms with Gasteiger partial charge in [-0.15, -0.1) is 6.42 Å². The van der Waals surface area contributed by atoms with Crippen LogP contribution >= 0.6 is 7.82 Å². The van der Waals surface area contributed by atoms with E-state index in [-0.39, 0.29) is 0 Å². The van der Waals surface area contributed by atoms with E-state index in [1.807, 2.05) is 4.98 Å². The molecule has 222 valence electrons. The molecule has 3 rings (SSSR count). The van der Waals surface area contributed by atoms with E-state index in [1.165, 1.54) is 27.7 Å². The first kappa shape index (κ1) is 31.2. The fourth-order valence-corrected chi connectivity index (χ4v) is 4.68. The predicted molar refractivity (Wildman–Crippen MR) is 124 cm³/mol. The lowest BCUT2D eigenvalue weighted by Crippen LogP contribution is -2.52. The molecule has 1 saturated carbocycles. The number of ether oxygens (including phenoxy) is 5. The number of fused-ring (bicyclic) bond motifs is 1. The van der Waals surface area contributed by atoms with Crippen LogP contribution in [0.4, 0.5) is 14.0 Å². The number of H-pyrrole nitrogens is 1. The van der Waals surface area contributed by atoms with Crippen LogP contribution < -0.4 is 11.2 Å². The zero-order chi connectivity index (χ0) is 30.1. The lowest BCUT2D eigenvalue weighted by Gasteiger charge is -2.31. The molecule has 1 saturated heterocycles. The molecular formula is C21H26FN2O15P. The number of carbonyl (C=O) groups excluding carboxylic acids is 2. The average Bonchev–Trinajstić information content (AvgIpc) is 3.21. The first-order valence-corrected chi connectivity index (χ1v) is 12.8. The number of terminal acetylenes is 1. The molecule has 0 amide bonds. The van der Waals surface area contributed by atoms with Crippen LogP contribution in [0, 0.1) is 12.3 Å². The van der Waals surface area contributed by atoms with E-state index in [0.29, 0.717) is 4.57 Å². The fourth-order valence-electron chi connectivity index (χ4n) is 3.57. The molecule has 2 aliphatic rings. The van der Waals surface area contributed by atoms with Crippen LogP contribution in [0.5, 0.6) is 0 Å². The van der Waals surface area contributed by atoms with Gasteiger partial charge in [0.05, 0.1) is 12.2 Å². The summed E-state index contributed by atoms with van der Waals surface area (Å²) in [4.78, 5) is 48.5. The van der Waals surface area contributed by atoms with E-state index in [2.05, 4.69) is 18.9 Å². The maximum atomic E-state index is 15.8. The molecule has 1 aromatic heterocycles. The standard InChI is InChI=1S/C21H26FN2O15P/c1-6-19(29)15(24-8-7-13(25)23-16(24)26)38-21(22)14(20(19,21)30)39-40(31,34-9-32-17(27)36-11(2)3)35-10-33-18(28)37-12(4)5/h1,7-8,11-12,14-15,29-30H,9-10H2,2-5H3,(H,23,25,26)/t14?,15-,19+,20+,21?/m1/s1. The molecular weight excluding hydrogens is 570 g/mol. The van der Waals surface area contributed by atoms with E-state index < -0.39 is 86.6 Å². The van der Waals surface area contributed by atoms with Crippen LogP contribution in [0.1, 0.15) is 33.9 Å². The molecule has 1 aromatic rings. The summed E-state index contributed by atoms with van der Waals surface area (Å²) in [6.45, 7) is 3.67. The van der Waals surface area contributed by atoms with Crippen LogP contribution in [0.15, 0.2) is 21.9 Å². The number of alkyl halides is 1. The fraction of sp³-hybridized carbons (Fsp3) is 0.619. The van der Waals surface area contributed by atoms with Crippen molar-refractivity contribution in [3.8, 4) is 12.3 Å². The minimum absolute atomic E-state index is 0.499. The Morgan fingerprint density at radius 2 is 1.68 bits per heavy atom. The van der Waals surface area contributed by atoms with Gasteiger partial charge in [0.1, 0.15) is 0 Å². The van der Waals surface area contributed by atoms with E-state index in [0.717, 1.165) is 12.3 Å². The van der Waals surface area contributed by atoms with Crippen molar-refractivity contribution in [3.05, 3.63) is 33.1 Å². The lowest BCUT2D eigenvalue weighted by molar-refractivity contribution is -0.171. The number of hydrogen-bond acceptors (Lipinski definition) is 15. The number of rotatable bonds is 11. The molecule has 17 nitrogen and oxygen atoms in total. The average molecular weight is 596 g/mol. The molecule has 40 heavy (non-hydrogen) atoms. The van der Waals surface area contributed by atoms with Gasteiger partial charge < -0.3 is 33.9 Å². The summed E-state index contributed by atoms with van der Waals surface area (Å²) in [5.41, 5.74) is -8.26. The number of hydrogen-bond donors (Lipinski definition) is 3. The molecule has 0 radical (unpaired) electrons. The highest BCUT2D eigenvalue weighted by atomic mass is 31.2. The number of aliphatic hydroxyl groups is 2. The van der Waals surface area contributed by atoms with Crippen molar-refractivity contribution in [1.82, 2.24) is 9.55 Å². The van der Waals surface area contributed by atoms with Gasteiger partial charge in [-0.25, -0.2) is 32.4 Å². The monoisotopic (exact) mass is 596 g/mol. The quantitative estimate of drug-likeness (QED) is 0.136. The summed E-state index contributed by atoms with van der Waals surface area (Å²) in [7, 11) is -5.15. The summed E-state index contributed by atoms with van der Waals surface area (Å²) < 4.78 is 67.6. The summed E-state index contributed by atoms with van der Waals surface area (Å²) in [6.07, 6.45) is -2.05. The number of carbonyl (C=O) groups is 2. The van der Waals surface area contributed by atoms with Crippen LogP contribution in [0.3, 0.4) is 0 Å². The summed E-state index contributed by atoms with van der Waals surface area (Å²) in [5, 5.41) is 22.1. The first-order chi connectivity index (χ1) is 18.5. The highest BCUT2D eigenvalue weighted by molar-refractivity contribution is 7.48. The zero-order valence-electron chi connectivity index (χ0n) is 21.4. The SMILES string of the molecule is C#C[C@]1(O)[C@H](n2ccc(=O)[nH]c2=O)OC2(F)C(OP(=O)(OCOC(=O)OC(C)C)OCOC(=O)OC(C)C)[C@@]21O. The molecule has 1 aliphatic carbocycles. The molecule has 2 fully saturated rings. The smallest absolute Gasteiger partial charge is 0.432 e. The third-order valence-electron chi connectivity index (χ3n) is 5.37. The second-order valence-corrected chi connectivity index (χ2v) is 10.5. The number of nitrogens with zero attached hydrogens (tertiary/aromatic N) is 1. The maximum Gasteiger partial charge on any atom is 0.510 e. The zero-order valence-corrected chi connectivity index (χ0v) is 22.3. The Balaban J connectivity index is 1.81.